The van der Waals surface area contributed by atoms with Gasteiger partial charge in [-0.3, -0.25) is 4.79 Å². The molecule has 0 bridgehead atoms. The summed E-state index contributed by atoms with van der Waals surface area (Å²) in [6, 6.07) is 9.56. The summed E-state index contributed by atoms with van der Waals surface area (Å²) in [5.41, 5.74) is 7.21. The van der Waals surface area contributed by atoms with Crippen molar-refractivity contribution in [3.8, 4) is 0 Å². The molecular formula is C15H12N4O2. The largest absolute Gasteiger partial charge is 0.351 e. The molecule has 2 amide bonds. The summed E-state index contributed by atoms with van der Waals surface area (Å²) in [6.07, 6.45) is 3.29. The lowest BCUT2D eigenvalue weighted by molar-refractivity contribution is 0.104. The first kappa shape index (κ1) is 12.9. The standard InChI is InChI=1S/C15H12N4O2/c16-15(21)19-10-4-1-3-9(7-10)13(20)12-8-18-14-11(12)5-2-6-17-14/h1-8H,(H,17,18)(H3,16,19,21). The van der Waals surface area contributed by atoms with Gasteiger partial charge in [-0.05, 0) is 24.3 Å². The molecule has 0 aliphatic heterocycles. The zero-order valence-electron chi connectivity index (χ0n) is 11.0. The molecule has 0 aliphatic rings. The Kier molecular flexibility index (Phi) is 3.12. The molecule has 21 heavy (non-hydrogen) atoms. The van der Waals surface area contributed by atoms with Gasteiger partial charge >= 0.3 is 6.03 Å². The second-order valence-electron chi connectivity index (χ2n) is 4.50. The number of hydrogen-bond donors (Lipinski definition) is 3. The van der Waals surface area contributed by atoms with E-state index in [4.69, 9.17) is 5.73 Å². The molecule has 104 valence electrons. The molecule has 0 spiro atoms. The van der Waals surface area contributed by atoms with Gasteiger partial charge in [0.05, 0.1) is 0 Å². The van der Waals surface area contributed by atoms with E-state index in [1.807, 2.05) is 6.07 Å². The first-order valence-corrected chi connectivity index (χ1v) is 6.28. The van der Waals surface area contributed by atoms with E-state index in [2.05, 4.69) is 15.3 Å². The molecule has 0 atom stereocenters. The van der Waals surface area contributed by atoms with Gasteiger partial charge < -0.3 is 16.0 Å². The van der Waals surface area contributed by atoms with Gasteiger partial charge in [0, 0.05) is 34.6 Å². The number of aromatic nitrogens is 2. The lowest BCUT2D eigenvalue weighted by Crippen LogP contribution is -2.19. The van der Waals surface area contributed by atoms with E-state index >= 15 is 0 Å². The van der Waals surface area contributed by atoms with Crippen LogP contribution in [0.4, 0.5) is 10.5 Å². The predicted molar refractivity (Wildman–Crippen MR) is 79.2 cm³/mol. The summed E-state index contributed by atoms with van der Waals surface area (Å²) in [5, 5.41) is 3.21. The number of nitrogens with zero attached hydrogens (tertiary/aromatic N) is 1. The van der Waals surface area contributed by atoms with Crippen molar-refractivity contribution in [1.29, 1.82) is 0 Å². The minimum absolute atomic E-state index is 0.151. The zero-order chi connectivity index (χ0) is 14.8. The molecule has 4 N–H and O–H groups in total. The van der Waals surface area contributed by atoms with Gasteiger partial charge in [-0.1, -0.05) is 12.1 Å². The van der Waals surface area contributed by atoms with Crippen molar-refractivity contribution >= 4 is 28.5 Å². The van der Waals surface area contributed by atoms with E-state index in [0.717, 1.165) is 5.39 Å². The quantitative estimate of drug-likeness (QED) is 0.641. The van der Waals surface area contributed by atoms with E-state index in [9.17, 15) is 9.59 Å². The van der Waals surface area contributed by atoms with E-state index in [0.29, 0.717) is 22.5 Å². The van der Waals surface area contributed by atoms with E-state index in [1.54, 1.807) is 42.7 Å². The maximum absolute atomic E-state index is 12.6. The van der Waals surface area contributed by atoms with Crippen molar-refractivity contribution in [2.45, 2.75) is 0 Å². The number of hydrogen-bond acceptors (Lipinski definition) is 3. The molecule has 0 saturated carbocycles. The number of ketones is 1. The third-order valence-corrected chi connectivity index (χ3v) is 3.09. The Morgan fingerprint density at radius 2 is 2.05 bits per heavy atom. The minimum atomic E-state index is -0.670. The van der Waals surface area contributed by atoms with Gasteiger partial charge in [0.15, 0.2) is 5.78 Å². The van der Waals surface area contributed by atoms with Crippen LogP contribution in [-0.4, -0.2) is 21.8 Å². The fourth-order valence-corrected chi connectivity index (χ4v) is 2.18. The Morgan fingerprint density at radius 1 is 1.19 bits per heavy atom. The first-order chi connectivity index (χ1) is 10.1. The monoisotopic (exact) mass is 280 g/mol. The van der Waals surface area contributed by atoms with Gasteiger partial charge in [0.25, 0.3) is 0 Å². The summed E-state index contributed by atoms with van der Waals surface area (Å²) in [7, 11) is 0. The number of primary amides is 1. The number of aromatic amines is 1. The van der Waals surface area contributed by atoms with Crippen LogP contribution in [-0.2, 0) is 0 Å². The molecule has 3 rings (SSSR count). The Bertz CT molecular complexity index is 838. The normalized spacial score (nSPS) is 10.5. The minimum Gasteiger partial charge on any atom is -0.351 e. The van der Waals surface area contributed by atoms with Crippen LogP contribution in [0, 0.1) is 0 Å². The summed E-state index contributed by atoms with van der Waals surface area (Å²) in [4.78, 5) is 30.6. The molecule has 1 aromatic carbocycles. The summed E-state index contributed by atoms with van der Waals surface area (Å²) in [5.74, 6) is -0.151. The second kappa shape index (κ2) is 5.09. The maximum atomic E-state index is 12.6. The molecule has 0 radical (unpaired) electrons. The number of anilines is 1. The van der Waals surface area contributed by atoms with Gasteiger partial charge in [0.1, 0.15) is 5.65 Å². The number of urea groups is 1. The van der Waals surface area contributed by atoms with Gasteiger partial charge in [0.2, 0.25) is 0 Å². The third kappa shape index (κ3) is 2.46. The van der Waals surface area contributed by atoms with Crippen molar-refractivity contribution in [3.05, 3.63) is 59.9 Å². The summed E-state index contributed by atoms with van der Waals surface area (Å²) in [6.45, 7) is 0. The van der Waals surface area contributed by atoms with Crippen molar-refractivity contribution in [3.63, 3.8) is 0 Å². The van der Waals surface area contributed by atoms with Crippen LogP contribution in [0.3, 0.4) is 0 Å². The van der Waals surface area contributed by atoms with Crippen LogP contribution < -0.4 is 11.1 Å². The third-order valence-electron chi connectivity index (χ3n) is 3.09. The van der Waals surface area contributed by atoms with E-state index < -0.39 is 6.03 Å². The summed E-state index contributed by atoms with van der Waals surface area (Å²) < 4.78 is 0. The number of pyridine rings is 1. The Morgan fingerprint density at radius 3 is 2.86 bits per heavy atom. The number of amides is 2. The van der Waals surface area contributed by atoms with E-state index in [-0.39, 0.29) is 5.78 Å². The summed E-state index contributed by atoms with van der Waals surface area (Å²) >= 11 is 0. The number of nitrogens with one attached hydrogen (secondary N) is 2. The molecule has 0 saturated heterocycles. The zero-order valence-corrected chi connectivity index (χ0v) is 11.0. The SMILES string of the molecule is NC(=O)Nc1cccc(C(=O)c2c[nH]c3ncccc23)c1. The highest BCUT2D eigenvalue weighted by Crippen LogP contribution is 2.21. The van der Waals surface area contributed by atoms with Crippen molar-refractivity contribution in [2.75, 3.05) is 5.32 Å². The topological polar surface area (TPSA) is 101 Å². The number of rotatable bonds is 3. The van der Waals surface area contributed by atoms with Crippen LogP contribution in [0.15, 0.2) is 48.8 Å². The molecule has 0 fully saturated rings. The van der Waals surface area contributed by atoms with Crippen LogP contribution in [0.2, 0.25) is 0 Å². The molecule has 3 aromatic rings. The lowest BCUT2D eigenvalue weighted by atomic mass is 10.0. The molecular weight excluding hydrogens is 268 g/mol. The number of H-pyrrole nitrogens is 1. The fourth-order valence-electron chi connectivity index (χ4n) is 2.18. The number of carbonyl (C=O) groups excluding carboxylic acids is 2. The predicted octanol–water partition coefficient (Wildman–Crippen LogP) is 2.28. The van der Waals surface area contributed by atoms with Gasteiger partial charge in [-0.2, -0.15) is 0 Å². The fraction of sp³-hybridized carbons (Fsp3) is 0. The Labute approximate surface area is 120 Å². The Hall–Kier alpha value is -3.15. The average Bonchev–Trinajstić information content (AvgIpc) is 2.90. The molecule has 0 unspecified atom stereocenters. The number of carbonyl (C=O) groups is 2. The first-order valence-electron chi connectivity index (χ1n) is 6.28. The number of fused-ring (bicyclic) bond motifs is 1. The molecule has 2 heterocycles. The molecule has 2 aromatic heterocycles. The molecule has 6 nitrogen and oxygen atoms in total. The highest BCUT2D eigenvalue weighted by atomic mass is 16.2. The highest BCUT2D eigenvalue weighted by Gasteiger charge is 2.15. The van der Waals surface area contributed by atoms with Gasteiger partial charge in [-0.15, -0.1) is 0 Å². The Balaban J connectivity index is 2.00. The van der Waals surface area contributed by atoms with Crippen molar-refractivity contribution in [2.24, 2.45) is 5.73 Å². The number of benzene rings is 1. The average molecular weight is 280 g/mol. The second-order valence-corrected chi connectivity index (χ2v) is 4.50. The number of nitrogens with two attached hydrogens (primary N) is 1. The van der Waals surface area contributed by atoms with Crippen LogP contribution in [0.5, 0.6) is 0 Å². The molecule has 6 heteroatoms. The van der Waals surface area contributed by atoms with Crippen molar-refractivity contribution < 1.29 is 9.59 Å². The van der Waals surface area contributed by atoms with Crippen molar-refractivity contribution in [1.82, 2.24) is 9.97 Å². The van der Waals surface area contributed by atoms with Crippen LogP contribution in [0.25, 0.3) is 11.0 Å². The van der Waals surface area contributed by atoms with Crippen LogP contribution >= 0.6 is 0 Å². The highest BCUT2D eigenvalue weighted by molar-refractivity contribution is 6.16. The molecule has 0 aliphatic carbocycles. The van der Waals surface area contributed by atoms with Gasteiger partial charge in [-0.25, -0.2) is 9.78 Å². The smallest absolute Gasteiger partial charge is 0.316 e. The maximum Gasteiger partial charge on any atom is 0.316 e. The van der Waals surface area contributed by atoms with Crippen LogP contribution in [0.1, 0.15) is 15.9 Å². The lowest BCUT2D eigenvalue weighted by Gasteiger charge is -2.04. The van der Waals surface area contributed by atoms with E-state index in [1.165, 1.54) is 0 Å².